The van der Waals surface area contributed by atoms with E-state index in [1.807, 2.05) is 12.1 Å². The van der Waals surface area contributed by atoms with Crippen LogP contribution in [0.2, 0.25) is 0 Å². The number of ether oxygens (including phenoxy) is 2. The van der Waals surface area contributed by atoms with Gasteiger partial charge in [-0.25, -0.2) is 0 Å². The van der Waals surface area contributed by atoms with Crippen LogP contribution < -0.4 is 9.64 Å². The molecule has 0 radical (unpaired) electrons. The van der Waals surface area contributed by atoms with E-state index in [9.17, 15) is 0 Å². The molecule has 24 heavy (non-hydrogen) atoms. The Labute approximate surface area is 144 Å². The van der Waals surface area contributed by atoms with Crippen molar-refractivity contribution < 1.29 is 9.47 Å². The Balaban J connectivity index is 1.41. The summed E-state index contributed by atoms with van der Waals surface area (Å²) >= 11 is 0. The fourth-order valence-electron chi connectivity index (χ4n) is 3.20. The summed E-state index contributed by atoms with van der Waals surface area (Å²) < 4.78 is 11.1. The van der Waals surface area contributed by atoms with Gasteiger partial charge in [0.15, 0.2) is 0 Å². The smallest absolute Gasteiger partial charge is 0.123 e. The van der Waals surface area contributed by atoms with Gasteiger partial charge >= 0.3 is 0 Å². The number of rotatable bonds is 5. The number of epoxide rings is 1. The van der Waals surface area contributed by atoms with Crippen LogP contribution in [0, 0.1) is 0 Å². The summed E-state index contributed by atoms with van der Waals surface area (Å²) in [6.45, 7) is 5.87. The van der Waals surface area contributed by atoms with E-state index >= 15 is 0 Å². The molecule has 2 aliphatic rings. The van der Waals surface area contributed by atoms with Crippen molar-refractivity contribution in [1.82, 2.24) is 0 Å². The van der Waals surface area contributed by atoms with E-state index in [0.29, 0.717) is 6.61 Å². The van der Waals surface area contributed by atoms with Gasteiger partial charge in [0, 0.05) is 18.8 Å². The fourth-order valence-corrected chi connectivity index (χ4v) is 3.20. The molecule has 0 bridgehead atoms. The van der Waals surface area contributed by atoms with Crippen LogP contribution in [0.1, 0.15) is 26.2 Å². The summed E-state index contributed by atoms with van der Waals surface area (Å²) in [7, 11) is 0. The molecule has 3 nitrogen and oxygen atoms in total. The molecule has 4 rings (SSSR count). The highest BCUT2D eigenvalue weighted by Crippen LogP contribution is 2.29. The molecule has 126 valence electrons. The second-order valence-electron chi connectivity index (χ2n) is 7.15. The molecule has 2 saturated heterocycles. The summed E-state index contributed by atoms with van der Waals surface area (Å²) in [6, 6.07) is 17.3. The maximum Gasteiger partial charge on any atom is 0.123 e. The predicted molar refractivity (Wildman–Crippen MR) is 97.8 cm³/mol. The molecule has 2 fully saturated rings. The Morgan fingerprint density at radius 3 is 2.08 bits per heavy atom. The first kappa shape index (κ1) is 15.5. The maximum absolute atomic E-state index is 5.79. The van der Waals surface area contributed by atoms with E-state index in [-0.39, 0.29) is 5.60 Å². The first-order valence-electron chi connectivity index (χ1n) is 8.94. The Kier molecular flexibility index (Phi) is 4.19. The van der Waals surface area contributed by atoms with Crippen LogP contribution in [0.5, 0.6) is 5.75 Å². The SMILES string of the molecule is CC1(COc2ccc(-c3ccc(N4CCCCC4)cc3)cc2)CO1. The van der Waals surface area contributed by atoms with Crippen LogP contribution in [-0.4, -0.2) is 31.9 Å². The van der Waals surface area contributed by atoms with Gasteiger partial charge in [-0.3, -0.25) is 0 Å². The standard InChI is InChI=1S/C21H25NO2/c1-21(16-24-21)15-23-20-11-7-18(8-12-20)17-5-9-19(10-6-17)22-13-3-2-4-14-22/h5-12H,2-4,13-16H2,1H3. The molecule has 1 atom stereocenters. The molecular formula is C21H25NO2. The first-order valence-corrected chi connectivity index (χ1v) is 8.94. The average Bonchev–Trinajstić information content (AvgIpc) is 3.39. The highest BCUT2D eigenvalue weighted by molar-refractivity contribution is 5.67. The zero-order valence-electron chi connectivity index (χ0n) is 14.3. The van der Waals surface area contributed by atoms with Crippen molar-refractivity contribution in [2.75, 3.05) is 31.2 Å². The summed E-state index contributed by atoms with van der Waals surface area (Å²) in [6.07, 6.45) is 3.99. The third kappa shape index (κ3) is 3.57. The van der Waals surface area contributed by atoms with E-state index in [1.54, 1.807) is 0 Å². The molecule has 0 spiro atoms. The minimum absolute atomic E-state index is 0.0665. The minimum atomic E-state index is -0.0665. The van der Waals surface area contributed by atoms with E-state index < -0.39 is 0 Å². The largest absolute Gasteiger partial charge is 0.491 e. The predicted octanol–water partition coefficient (Wildman–Crippen LogP) is 4.51. The molecule has 3 heteroatoms. The monoisotopic (exact) mass is 323 g/mol. The van der Waals surface area contributed by atoms with Crippen molar-refractivity contribution in [2.45, 2.75) is 31.8 Å². The quantitative estimate of drug-likeness (QED) is 0.757. The molecule has 2 aliphatic heterocycles. The summed E-state index contributed by atoms with van der Waals surface area (Å²) in [5, 5.41) is 0. The van der Waals surface area contributed by atoms with Crippen molar-refractivity contribution >= 4 is 5.69 Å². The van der Waals surface area contributed by atoms with Gasteiger partial charge in [0.25, 0.3) is 0 Å². The Hall–Kier alpha value is -2.00. The zero-order chi connectivity index (χ0) is 16.4. The number of nitrogens with zero attached hydrogens (tertiary/aromatic N) is 1. The highest BCUT2D eigenvalue weighted by atomic mass is 16.6. The molecule has 0 saturated carbocycles. The van der Waals surface area contributed by atoms with Crippen molar-refractivity contribution in [1.29, 1.82) is 0 Å². The molecule has 0 aliphatic carbocycles. The molecule has 0 aromatic heterocycles. The van der Waals surface area contributed by atoms with Crippen LogP contribution in [0.25, 0.3) is 11.1 Å². The van der Waals surface area contributed by atoms with E-state index in [0.717, 1.165) is 12.4 Å². The van der Waals surface area contributed by atoms with Gasteiger partial charge in [0.1, 0.15) is 18.0 Å². The lowest BCUT2D eigenvalue weighted by molar-refractivity contribution is 0.202. The summed E-state index contributed by atoms with van der Waals surface area (Å²) in [5.41, 5.74) is 3.75. The Morgan fingerprint density at radius 1 is 0.917 bits per heavy atom. The molecular weight excluding hydrogens is 298 g/mol. The second-order valence-corrected chi connectivity index (χ2v) is 7.15. The van der Waals surface area contributed by atoms with Gasteiger partial charge < -0.3 is 14.4 Å². The lowest BCUT2D eigenvalue weighted by Crippen LogP contribution is -2.29. The number of benzene rings is 2. The lowest BCUT2D eigenvalue weighted by atomic mass is 10.0. The first-order chi connectivity index (χ1) is 11.7. The third-order valence-electron chi connectivity index (χ3n) is 4.96. The van der Waals surface area contributed by atoms with Crippen LogP contribution in [-0.2, 0) is 4.74 Å². The van der Waals surface area contributed by atoms with Crippen LogP contribution in [0.4, 0.5) is 5.69 Å². The number of anilines is 1. The van der Waals surface area contributed by atoms with Crippen molar-refractivity contribution in [2.24, 2.45) is 0 Å². The molecule has 0 N–H and O–H groups in total. The van der Waals surface area contributed by atoms with Gasteiger partial charge in [-0.05, 0) is 61.6 Å². The van der Waals surface area contributed by atoms with Crippen LogP contribution in [0.15, 0.2) is 48.5 Å². The van der Waals surface area contributed by atoms with Crippen molar-refractivity contribution in [3.05, 3.63) is 48.5 Å². The average molecular weight is 323 g/mol. The Bertz CT molecular complexity index is 668. The van der Waals surface area contributed by atoms with Gasteiger partial charge in [0.05, 0.1) is 6.61 Å². The van der Waals surface area contributed by atoms with E-state index in [2.05, 4.69) is 48.2 Å². The zero-order valence-corrected chi connectivity index (χ0v) is 14.3. The van der Waals surface area contributed by atoms with Crippen molar-refractivity contribution in [3.63, 3.8) is 0 Å². The maximum atomic E-state index is 5.79. The fraction of sp³-hybridized carbons (Fsp3) is 0.429. The third-order valence-corrected chi connectivity index (χ3v) is 4.96. The van der Waals surface area contributed by atoms with Crippen LogP contribution >= 0.6 is 0 Å². The highest BCUT2D eigenvalue weighted by Gasteiger charge is 2.40. The lowest BCUT2D eigenvalue weighted by Gasteiger charge is -2.28. The minimum Gasteiger partial charge on any atom is -0.491 e. The van der Waals surface area contributed by atoms with E-state index in [1.165, 1.54) is 49.2 Å². The summed E-state index contributed by atoms with van der Waals surface area (Å²) in [4.78, 5) is 2.49. The van der Waals surface area contributed by atoms with E-state index in [4.69, 9.17) is 9.47 Å². The van der Waals surface area contributed by atoms with Crippen molar-refractivity contribution in [3.8, 4) is 16.9 Å². The molecule has 2 aromatic carbocycles. The summed E-state index contributed by atoms with van der Waals surface area (Å²) in [5.74, 6) is 0.903. The van der Waals surface area contributed by atoms with Crippen LogP contribution in [0.3, 0.4) is 0 Å². The molecule has 0 amide bonds. The van der Waals surface area contributed by atoms with Gasteiger partial charge in [-0.15, -0.1) is 0 Å². The number of piperidine rings is 1. The van der Waals surface area contributed by atoms with Gasteiger partial charge in [0.2, 0.25) is 0 Å². The Morgan fingerprint density at radius 2 is 1.50 bits per heavy atom. The molecule has 2 heterocycles. The number of hydrogen-bond donors (Lipinski definition) is 0. The number of hydrogen-bond acceptors (Lipinski definition) is 3. The topological polar surface area (TPSA) is 25.0 Å². The normalized spacial score (nSPS) is 23.1. The van der Waals surface area contributed by atoms with Gasteiger partial charge in [-0.1, -0.05) is 24.3 Å². The molecule has 1 unspecified atom stereocenters. The second kappa shape index (κ2) is 6.48. The molecule has 2 aromatic rings. The van der Waals surface area contributed by atoms with Gasteiger partial charge in [-0.2, -0.15) is 0 Å².